The number of fused-ring (bicyclic) bond motifs is 1. The maximum Gasteiger partial charge on any atom is 0.253 e. The van der Waals surface area contributed by atoms with Gasteiger partial charge >= 0.3 is 0 Å². The number of amides is 1. The van der Waals surface area contributed by atoms with Gasteiger partial charge in [0.1, 0.15) is 0 Å². The quantitative estimate of drug-likeness (QED) is 0.302. The summed E-state index contributed by atoms with van der Waals surface area (Å²) in [6, 6.07) is 11.8. The second-order valence-electron chi connectivity index (χ2n) is 10.2. The lowest BCUT2D eigenvalue weighted by Gasteiger charge is -2.21. The molecule has 0 bridgehead atoms. The Morgan fingerprint density at radius 2 is 1.94 bits per heavy atom. The molecule has 0 radical (unpaired) electrons. The van der Waals surface area contributed by atoms with Gasteiger partial charge in [-0.3, -0.25) is 9.78 Å². The number of benzene rings is 2. The number of aliphatic hydroxyl groups excluding tert-OH is 1. The molecule has 0 fully saturated rings. The molecular formula is C31H37ClN2O2. The van der Waals surface area contributed by atoms with E-state index in [-0.39, 0.29) is 17.9 Å². The van der Waals surface area contributed by atoms with Crippen molar-refractivity contribution in [1.82, 2.24) is 9.88 Å². The lowest BCUT2D eigenvalue weighted by atomic mass is 9.88. The molecule has 36 heavy (non-hydrogen) atoms. The molecule has 1 heterocycles. The van der Waals surface area contributed by atoms with Crippen molar-refractivity contribution in [2.45, 2.75) is 47.5 Å². The van der Waals surface area contributed by atoms with E-state index in [9.17, 15) is 4.79 Å². The van der Waals surface area contributed by atoms with Crippen LogP contribution in [0, 0.1) is 5.41 Å². The fourth-order valence-electron chi connectivity index (χ4n) is 4.20. The average molecular weight is 505 g/mol. The lowest BCUT2D eigenvalue weighted by Crippen LogP contribution is -2.32. The van der Waals surface area contributed by atoms with E-state index in [0.29, 0.717) is 30.1 Å². The summed E-state index contributed by atoms with van der Waals surface area (Å²) in [5.74, 6) is -0.0803. The Morgan fingerprint density at radius 1 is 1.17 bits per heavy atom. The zero-order valence-electron chi connectivity index (χ0n) is 22.0. The number of carbonyl (C=O) groups is 1. The van der Waals surface area contributed by atoms with Crippen LogP contribution in [-0.2, 0) is 0 Å². The van der Waals surface area contributed by atoms with E-state index >= 15 is 0 Å². The molecule has 5 heteroatoms. The van der Waals surface area contributed by atoms with Crippen molar-refractivity contribution >= 4 is 33.9 Å². The van der Waals surface area contributed by atoms with Gasteiger partial charge in [-0.2, -0.15) is 0 Å². The van der Waals surface area contributed by atoms with Crippen LogP contribution in [0.2, 0.25) is 5.02 Å². The number of aromatic nitrogens is 1. The van der Waals surface area contributed by atoms with Gasteiger partial charge in [0.15, 0.2) is 0 Å². The first kappa shape index (κ1) is 27.6. The maximum absolute atomic E-state index is 13.0. The highest BCUT2D eigenvalue weighted by molar-refractivity contribution is 6.33. The minimum absolute atomic E-state index is 0.0576. The third-order valence-electron chi connectivity index (χ3n) is 6.13. The number of allylic oxidation sites excluding steroid dienone is 4. The molecule has 4 nitrogen and oxygen atoms in total. The Kier molecular flexibility index (Phi) is 9.47. The summed E-state index contributed by atoms with van der Waals surface area (Å²) in [6.45, 7) is 11.8. The van der Waals surface area contributed by atoms with Crippen molar-refractivity contribution in [3.05, 3.63) is 83.2 Å². The summed E-state index contributed by atoms with van der Waals surface area (Å²) < 4.78 is 0. The van der Waals surface area contributed by atoms with Crippen LogP contribution in [0.15, 0.2) is 67.0 Å². The molecular weight excluding hydrogens is 468 g/mol. The van der Waals surface area contributed by atoms with E-state index in [1.165, 1.54) is 0 Å². The Hall–Kier alpha value is -2.95. The molecule has 0 aliphatic carbocycles. The standard InChI is InChI=1S/C31H37ClN2O2/c1-6-9-22(12-14-31(3,4)5)28-19-24(18-25-21-33-15-13-26(25)28)27-11-10-23(20-29(27)32)30(36)34(7-2)16-8-17-35/h6,9-13,15,18-21,35H,7-8,14,16-17H2,1-5H3/b9-6-,22-12+. The summed E-state index contributed by atoms with van der Waals surface area (Å²) in [5.41, 5.74) is 4.87. The summed E-state index contributed by atoms with van der Waals surface area (Å²) in [5, 5.41) is 11.8. The van der Waals surface area contributed by atoms with Crippen LogP contribution < -0.4 is 0 Å². The van der Waals surface area contributed by atoms with Crippen molar-refractivity contribution in [3.8, 4) is 11.1 Å². The van der Waals surface area contributed by atoms with Gasteiger partial charge in [-0.1, -0.05) is 56.7 Å². The minimum Gasteiger partial charge on any atom is -0.396 e. The fraction of sp³-hybridized carbons (Fsp3) is 0.355. The molecule has 0 saturated heterocycles. The maximum atomic E-state index is 13.0. The Balaban J connectivity index is 2.09. The topological polar surface area (TPSA) is 53.4 Å². The van der Waals surface area contributed by atoms with Gasteiger partial charge in [0, 0.05) is 53.6 Å². The predicted molar refractivity (Wildman–Crippen MR) is 152 cm³/mol. The molecule has 0 saturated carbocycles. The monoisotopic (exact) mass is 504 g/mol. The van der Waals surface area contributed by atoms with Crippen LogP contribution in [0.25, 0.3) is 27.5 Å². The third-order valence-corrected chi connectivity index (χ3v) is 6.44. The van der Waals surface area contributed by atoms with Gasteiger partial charge < -0.3 is 10.0 Å². The highest BCUT2D eigenvalue weighted by Crippen LogP contribution is 2.36. The number of hydrogen-bond acceptors (Lipinski definition) is 3. The molecule has 0 unspecified atom stereocenters. The fourth-order valence-corrected chi connectivity index (χ4v) is 4.49. The zero-order valence-corrected chi connectivity index (χ0v) is 22.8. The first-order valence-electron chi connectivity index (χ1n) is 12.6. The molecule has 1 aromatic heterocycles. The minimum atomic E-state index is -0.0803. The first-order chi connectivity index (χ1) is 17.2. The van der Waals surface area contributed by atoms with Crippen LogP contribution in [0.1, 0.15) is 63.4 Å². The van der Waals surface area contributed by atoms with Crippen molar-refractivity contribution < 1.29 is 9.90 Å². The van der Waals surface area contributed by atoms with Gasteiger partial charge in [-0.15, -0.1) is 0 Å². The molecule has 3 aromatic rings. The summed E-state index contributed by atoms with van der Waals surface area (Å²) in [6.07, 6.45) is 11.7. The molecule has 0 atom stereocenters. The van der Waals surface area contributed by atoms with Crippen molar-refractivity contribution in [1.29, 1.82) is 0 Å². The van der Waals surface area contributed by atoms with Gasteiger partial charge in [0.2, 0.25) is 0 Å². The van der Waals surface area contributed by atoms with Crippen molar-refractivity contribution in [3.63, 3.8) is 0 Å². The van der Waals surface area contributed by atoms with Crippen LogP contribution in [-0.4, -0.2) is 40.6 Å². The number of pyridine rings is 1. The number of aliphatic hydroxyl groups is 1. The molecule has 0 spiro atoms. The van der Waals surface area contributed by atoms with E-state index in [0.717, 1.165) is 39.5 Å². The molecule has 1 N–H and O–H groups in total. The van der Waals surface area contributed by atoms with E-state index in [1.807, 2.05) is 38.4 Å². The first-order valence-corrected chi connectivity index (χ1v) is 13.0. The summed E-state index contributed by atoms with van der Waals surface area (Å²) in [4.78, 5) is 19.1. The second kappa shape index (κ2) is 12.3. The zero-order chi connectivity index (χ0) is 26.3. The summed E-state index contributed by atoms with van der Waals surface area (Å²) in [7, 11) is 0. The molecule has 3 rings (SSSR count). The van der Waals surface area contributed by atoms with Crippen LogP contribution >= 0.6 is 11.6 Å². The highest BCUT2D eigenvalue weighted by atomic mass is 35.5. The Labute approximate surface area is 220 Å². The number of rotatable bonds is 9. The summed E-state index contributed by atoms with van der Waals surface area (Å²) >= 11 is 6.77. The molecule has 190 valence electrons. The van der Waals surface area contributed by atoms with E-state index in [4.69, 9.17) is 16.7 Å². The van der Waals surface area contributed by atoms with E-state index in [1.54, 1.807) is 11.0 Å². The SMILES string of the molecule is C/C=C\C(=C/CC(C)(C)C)c1cc(-c2ccc(C(=O)N(CC)CCCO)cc2Cl)cc2cnccc12. The highest BCUT2D eigenvalue weighted by Gasteiger charge is 2.17. The second-order valence-corrected chi connectivity index (χ2v) is 10.6. The van der Waals surface area contributed by atoms with Gasteiger partial charge in [0.25, 0.3) is 5.91 Å². The van der Waals surface area contributed by atoms with Gasteiger partial charge in [-0.25, -0.2) is 0 Å². The number of nitrogens with zero attached hydrogens (tertiary/aromatic N) is 2. The van der Waals surface area contributed by atoms with E-state index in [2.05, 4.69) is 62.2 Å². The molecule has 0 aliphatic rings. The predicted octanol–water partition coefficient (Wildman–Crippen LogP) is 7.80. The Morgan fingerprint density at radius 3 is 2.58 bits per heavy atom. The third kappa shape index (κ3) is 6.83. The molecule has 1 amide bonds. The Bertz CT molecular complexity index is 1270. The van der Waals surface area contributed by atoms with Gasteiger partial charge in [-0.05, 0) is 84.5 Å². The molecule has 0 aliphatic heterocycles. The lowest BCUT2D eigenvalue weighted by molar-refractivity contribution is 0.0754. The van der Waals surface area contributed by atoms with Crippen LogP contribution in [0.4, 0.5) is 0 Å². The number of halogens is 1. The van der Waals surface area contributed by atoms with Crippen molar-refractivity contribution in [2.75, 3.05) is 19.7 Å². The number of carbonyl (C=O) groups excluding carboxylic acids is 1. The van der Waals surface area contributed by atoms with Crippen molar-refractivity contribution in [2.24, 2.45) is 5.41 Å². The average Bonchev–Trinajstić information content (AvgIpc) is 2.85. The van der Waals surface area contributed by atoms with Gasteiger partial charge in [0.05, 0.1) is 0 Å². The smallest absolute Gasteiger partial charge is 0.253 e. The van der Waals surface area contributed by atoms with E-state index < -0.39 is 0 Å². The van der Waals surface area contributed by atoms with Crippen LogP contribution in [0.5, 0.6) is 0 Å². The van der Waals surface area contributed by atoms with Crippen LogP contribution in [0.3, 0.4) is 0 Å². The normalized spacial score (nSPS) is 12.5. The molecule has 2 aromatic carbocycles. The number of hydrogen-bond donors (Lipinski definition) is 1. The largest absolute Gasteiger partial charge is 0.396 e.